The molecule has 1 aromatic heterocycles. The van der Waals surface area contributed by atoms with E-state index in [1.165, 1.54) is 23.0 Å². The zero-order valence-corrected chi connectivity index (χ0v) is 13.6. The summed E-state index contributed by atoms with van der Waals surface area (Å²) in [7, 11) is 0. The third-order valence-corrected chi connectivity index (χ3v) is 4.41. The molecular weight excluding hydrogens is 335 g/mol. The number of carbonyl (C=O) groups is 1. The van der Waals surface area contributed by atoms with E-state index < -0.39 is 11.7 Å². The van der Waals surface area contributed by atoms with Crippen LogP contribution in [-0.4, -0.2) is 44.9 Å². The van der Waals surface area contributed by atoms with Crippen LogP contribution in [0.2, 0.25) is 0 Å². The summed E-state index contributed by atoms with van der Waals surface area (Å²) in [6.45, 7) is 2.99. The molecule has 134 valence electrons. The first-order valence-corrected chi connectivity index (χ1v) is 7.90. The van der Waals surface area contributed by atoms with Gasteiger partial charge >= 0.3 is 6.18 Å². The largest absolute Gasteiger partial charge is 0.416 e. The van der Waals surface area contributed by atoms with Gasteiger partial charge in [-0.05, 0) is 44.0 Å². The van der Waals surface area contributed by atoms with E-state index in [9.17, 15) is 18.0 Å². The number of halogens is 3. The molecular formula is C16H18F3N5O. The highest BCUT2D eigenvalue weighted by atomic mass is 19.4. The maximum Gasteiger partial charge on any atom is 0.416 e. The van der Waals surface area contributed by atoms with E-state index in [4.69, 9.17) is 5.73 Å². The van der Waals surface area contributed by atoms with Crippen LogP contribution >= 0.6 is 0 Å². The molecule has 1 aromatic carbocycles. The first-order chi connectivity index (χ1) is 11.8. The summed E-state index contributed by atoms with van der Waals surface area (Å²) in [5.41, 5.74) is 5.17. The van der Waals surface area contributed by atoms with Gasteiger partial charge in [0.15, 0.2) is 5.69 Å². The van der Waals surface area contributed by atoms with Crippen LogP contribution in [0.25, 0.3) is 5.69 Å². The zero-order chi connectivity index (χ0) is 18.2. The van der Waals surface area contributed by atoms with Crippen LogP contribution < -0.4 is 5.73 Å². The van der Waals surface area contributed by atoms with Crippen molar-refractivity contribution in [2.24, 2.45) is 11.7 Å². The minimum Gasteiger partial charge on any atom is -0.334 e. The topological polar surface area (TPSA) is 77.0 Å². The summed E-state index contributed by atoms with van der Waals surface area (Å²) in [5.74, 6) is -0.0425. The normalized spacial score (nSPS) is 20.9. The molecule has 2 unspecified atom stereocenters. The standard InChI is InChI=1S/C16H18F3N5O/c1-10-5-11(7-20)8-23(10)15(25)14-9-24(22-21-14)13-4-2-3-12(6-13)16(17,18)19/h2-4,6,9-11H,5,7-8,20H2,1H3. The van der Waals surface area contributed by atoms with Crippen LogP contribution in [0.4, 0.5) is 13.2 Å². The summed E-state index contributed by atoms with van der Waals surface area (Å²) < 4.78 is 39.6. The fourth-order valence-corrected chi connectivity index (χ4v) is 3.06. The molecule has 0 spiro atoms. The molecule has 0 bridgehead atoms. The minimum absolute atomic E-state index is 0.0414. The molecule has 6 nitrogen and oxygen atoms in total. The van der Waals surface area contributed by atoms with Crippen molar-refractivity contribution >= 4 is 5.91 Å². The van der Waals surface area contributed by atoms with Crippen LogP contribution in [0, 0.1) is 5.92 Å². The quantitative estimate of drug-likeness (QED) is 0.917. The van der Waals surface area contributed by atoms with Crippen LogP contribution in [0.5, 0.6) is 0 Å². The fourth-order valence-electron chi connectivity index (χ4n) is 3.06. The molecule has 9 heteroatoms. The Hall–Kier alpha value is -2.42. The lowest BCUT2D eigenvalue weighted by Crippen LogP contribution is -2.34. The van der Waals surface area contributed by atoms with Crippen molar-refractivity contribution in [1.82, 2.24) is 19.9 Å². The summed E-state index contributed by atoms with van der Waals surface area (Å²) in [4.78, 5) is 14.3. The number of aromatic nitrogens is 3. The molecule has 0 saturated carbocycles. The van der Waals surface area contributed by atoms with Crippen molar-refractivity contribution in [2.45, 2.75) is 25.6 Å². The molecule has 1 saturated heterocycles. The Labute approximate surface area is 142 Å². The molecule has 0 aliphatic carbocycles. The van der Waals surface area contributed by atoms with Crippen molar-refractivity contribution in [3.63, 3.8) is 0 Å². The molecule has 1 aliphatic heterocycles. The van der Waals surface area contributed by atoms with Crippen LogP contribution in [-0.2, 0) is 6.18 Å². The van der Waals surface area contributed by atoms with Crippen molar-refractivity contribution in [1.29, 1.82) is 0 Å². The Morgan fingerprint density at radius 1 is 1.40 bits per heavy atom. The molecule has 1 aliphatic rings. The summed E-state index contributed by atoms with van der Waals surface area (Å²) in [5, 5.41) is 7.62. The van der Waals surface area contributed by atoms with Gasteiger partial charge in [-0.25, -0.2) is 4.68 Å². The number of amides is 1. The predicted octanol–water partition coefficient (Wildman–Crippen LogP) is 2.10. The number of benzene rings is 1. The van der Waals surface area contributed by atoms with Gasteiger partial charge in [-0.2, -0.15) is 13.2 Å². The molecule has 3 rings (SSSR count). The van der Waals surface area contributed by atoms with Gasteiger partial charge in [0, 0.05) is 12.6 Å². The average Bonchev–Trinajstić information content (AvgIpc) is 3.20. The lowest BCUT2D eigenvalue weighted by Gasteiger charge is -2.19. The van der Waals surface area contributed by atoms with Gasteiger partial charge in [-0.1, -0.05) is 11.3 Å². The Morgan fingerprint density at radius 3 is 2.80 bits per heavy atom. The number of hydrogen-bond donors (Lipinski definition) is 1. The lowest BCUT2D eigenvalue weighted by molar-refractivity contribution is -0.137. The Kier molecular flexibility index (Phi) is 4.51. The number of nitrogens with two attached hydrogens (primary N) is 1. The first kappa shape index (κ1) is 17.4. The van der Waals surface area contributed by atoms with Crippen molar-refractivity contribution in [3.8, 4) is 5.69 Å². The number of hydrogen-bond acceptors (Lipinski definition) is 4. The second kappa shape index (κ2) is 6.47. The summed E-state index contributed by atoms with van der Waals surface area (Å²) >= 11 is 0. The van der Waals surface area contributed by atoms with Crippen LogP contribution in [0.1, 0.15) is 29.4 Å². The molecule has 25 heavy (non-hydrogen) atoms. The summed E-state index contributed by atoms with van der Waals surface area (Å²) in [6, 6.07) is 4.74. The van der Waals surface area contributed by atoms with Gasteiger partial charge in [0.2, 0.25) is 0 Å². The third kappa shape index (κ3) is 3.51. The number of nitrogens with zero attached hydrogens (tertiary/aromatic N) is 4. The SMILES string of the molecule is CC1CC(CN)CN1C(=O)c1cn(-c2cccc(C(F)(F)F)c2)nn1. The lowest BCUT2D eigenvalue weighted by atomic mass is 10.1. The van der Waals surface area contributed by atoms with Gasteiger partial charge in [0.1, 0.15) is 0 Å². The van der Waals surface area contributed by atoms with E-state index in [2.05, 4.69) is 10.3 Å². The maximum atomic E-state index is 12.8. The predicted molar refractivity (Wildman–Crippen MR) is 84.0 cm³/mol. The van der Waals surface area contributed by atoms with E-state index >= 15 is 0 Å². The number of alkyl halides is 3. The Morgan fingerprint density at radius 2 is 2.16 bits per heavy atom. The molecule has 2 N–H and O–H groups in total. The van der Waals surface area contributed by atoms with Gasteiger partial charge in [-0.15, -0.1) is 5.10 Å². The van der Waals surface area contributed by atoms with E-state index in [0.717, 1.165) is 18.6 Å². The minimum atomic E-state index is -4.45. The molecule has 2 aromatic rings. The molecule has 2 atom stereocenters. The molecule has 0 radical (unpaired) electrons. The third-order valence-electron chi connectivity index (χ3n) is 4.41. The first-order valence-electron chi connectivity index (χ1n) is 7.90. The second-order valence-corrected chi connectivity index (χ2v) is 6.24. The number of rotatable bonds is 3. The van der Waals surface area contributed by atoms with E-state index in [1.54, 1.807) is 4.90 Å². The Balaban J connectivity index is 1.82. The second-order valence-electron chi connectivity index (χ2n) is 6.24. The maximum absolute atomic E-state index is 12.8. The van der Waals surface area contributed by atoms with Gasteiger partial charge in [0.25, 0.3) is 5.91 Å². The van der Waals surface area contributed by atoms with Gasteiger partial charge < -0.3 is 10.6 Å². The zero-order valence-electron chi connectivity index (χ0n) is 13.6. The van der Waals surface area contributed by atoms with E-state index in [0.29, 0.717) is 13.1 Å². The Bertz CT molecular complexity index is 773. The highest BCUT2D eigenvalue weighted by molar-refractivity contribution is 5.92. The molecule has 1 amide bonds. The molecule has 1 fully saturated rings. The van der Waals surface area contributed by atoms with Crippen molar-refractivity contribution in [2.75, 3.05) is 13.1 Å². The monoisotopic (exact) mass is 353 g/mol. The van der Waals surface area contributed by atoms with Crippen LogP contribution in [0.15, 0.2) is 30.5 Å². The molecule has 2 heterocycles. The summed E-state index contributed by atoms with van der Waals surface area (Å²) in [6.07, 6.45) is -2.28. The van der Waals surface area contributed by atoms with Crippen molar-refractivity contribution in [3.05, 3.63) is 41.7 Å². The van der Waals surface area contributed by atoms with Gasteiger partial charge in [0.05, 0.1) is 17.4 Å². The fraction of sp³-hybridized carbons (Fsp3) is 0.438. The number of likely N-dealkylation sites (tertiary alicyclic amines) is 1. The van der Waals surface area contributed by atoms with E-state index in [1.807, 2.05) is 6.92 Å². The van der Waals surface area contributed by atoms with E-state index in [-0.39, 0.29) is 29.2 Å². The smallest absolute Gasteiger partial charge is 0.334 e. The average molecular weight is 353 g/mol. The van der Waals surface area contributed by atoms with Crippen molar-refractivity contribution < 1.29 is 18.0 Å². The number of carbonyl (C=O) groups excluding carboxylic acids is 1. The highest BCUT2D eigenvalue weighted by Gasteiger charge is 2.33. The highest BCUT2D eigenvalue weighted by Crippen LogP contribution is 2.30. The van der Waals surface area contributed by atoms with Crippen LogP contribution in [0.3, 0.4) is 0 Å². The van der Waals surface area contributed by atoms with Gasteiger partial charge in [-0.3, -0.25) is 4.79 Å².